The molecule has 0 heterocycles. The average Bonchev–Trinajstić information content (AvgIpc) is 2.91. The quantitative estimate of drug-likeness (QED) is 0.0931. The van der Waals surface area contributed by atoms with E-state index in [1.165, 1.54) is 0 Å². The van der Waals surface area contributed by atoms with Gasteiger partial charge in [-0.3, -0.25) is 19.2 Å². The molecule has 0 spiro atoms. The summed E-state index contributed by atoms with van der Waals surface area (Å²) < 4.78 is 21.7. The minimum Gasteiger partial charge on any atom is -0.481 e. The summed E-state index contributed by atoms with van der Waals surface area (Å²) in [7, 11) is 0. The Morgan fingerprint density at radius 1 is 0.604 bits per heavy atom. The van der Waals surface area contributed by atoms with E-state index >= 15 is 0 Å². The van der Waals surface area contributed by atoms with Crippen molar-refractivity contribution in [2.75, 3.05) is 19.8 Å². The summed E-state index contributed by atoms with van der Waals surface area (Å²) in [5, 5.41) is 17.1. The van der Waals surface area contributed by atoms with Gasteiger partial charge in [0.05, 0.1) is 11.2 Å². The van der Waals surface area contributed by atoms with Crippen LogP contribution in [0.4, 0.5) is 0 Å². The van der Waals surface area contributed by atoms with Gasteiger partial charge in [-0.1, -0.05) is 48.5 Å². The first-order valence-electron chi connectivity index (χ1n) is 17.9. The molecule has 0 aromatic rings. The fourth-order valence-corrected chi connectivity index (χ4v) is 3.52. The molecule has 48 heavy (non-hydrogen) atoms. The SMILES string of the molecule is CC.CC(C)CCOC(C)(C)C.CC(C)CCOC(C)(C)C.CCCN(C(C)OC(=O)CCCC(=O)O)C(C)OC(=O)CCCC(=O)O. The number of hydrogen-bond acceptors (Lipinski definition) is 9. The second kappa shape index (κ2) is 30.8. The van der Waals surface area contributed by atoms with Crippen LogP contribution in [-0.4, -0.2) is 82.4 Å². The lowest BCUT2D eigenvalue weighted by molar-refractivity contribution is -0.180. The first-order chi connectivity index (χ1) is 22.0. The van der Waals surface area contributed by atoms with Gasteiger partial charge >= 0.3 is 23.9 Å². The summed E-state index contributed by atoms with van der Waals surface area (Å²) in [6.07, 6.45) is 1.96. The Morgan fingerprint density at radius 2 is 0.917 bits per heavy atom. The molecule has 0 aromatic heterocycles. The van der Waals surface area contributed by atoms with E-state index in [0.717, 1.165) is 44.3 Å². The number of carboxylic acids is 2. The predicted molar refractivity (Wildman–Crippen MR) is 193 cm³/mol. The van der Waals surface area contributed by atoms with Crippen LogP contribution in [0.2, 0.25) is 0 Å². The molecule has 11 nitrogen and oxygen atoms in total. The molecule has 2 atom stereocenters. The Bertz CT molecular complexity index is 752. The second-order valence-electron chi connectivity index (χ2n) is 14.2. The monoisotopic (exact) mass is 694 g/mol. The van der Waals surface area contributed by atoms with Gasteiger partial charge in [0, 0.05) is 45.4 Å². The fourth-order valence-electron chi connectivity index (χ4n) is 3.52. The highest BCUT2D eigenvalue weighted by molar-refractivity contribution is 5.72. The Balaban J connectivity index is -0.000000359. The van der Waals surface area contributed by atoms with Crippen LogP contribution >= 0.6 is 0 Å². The van der Waals surface area contributed by atoms with Crippen molar-refractivity contribution in [3.63, 3.8) is 0 Å². The number of hydrogen-bond donors (Lipinski definition) is 2. The van der Waals surface area contributed by atoms with E-state index in [1.807, 2.05) is 20.8 Å². The second-order valence-corrected chi connectivity index (χ2v) is 14.2. The number of ether oxygens (including phenoxy) is 4. The molecule has 0 saturated carbocycles. The summed E-state index contributed by atoms with van der Waals surface area (Å²) in [4.78, 5) is 46.2. The van der Waals surface area contributed by atoms with Crippen molar-refractivity contribution >= 4 is 23.9 Å². The van der Waals surface area contributed by atoms with Crippen LogP contribution in [0.1, 0.15) is 162 Å². The van der Waals surface area contributed by atoms with Crippen LogP contribution in [-0.2, 0) is 38.1 Å². The maximum absolute atomic E-state index is 11.8. The molecule has 0 aliphatic carbocycles. The summed E-state index contributed by atoms with van der Waals surface area (Å²) in [5.41, 5.74) is 0.0732. The van der Waals surface area contributed by atoms with Crippen LogP contribution in [0.5, 0.6) is 0 Å². The number of nitrogens with zero attached hydrogens (tertiary/aromatic N) is 1. The van der Waals surface area contributed by atoms with Gasteiger partial charge in [0.15, 0.2) is 12.5 Å². The molecular formula is C37H75NO10. The van der Waals surface area contributed by atoms with Gasteiger partial charge in [0.2, 0.25) is 0 Å². The van der Waals surface area contributed by atoms with Crippen LogP contribution in [0.25, 0.3) is 0 Å². The number of rotatable bonds is 20. The van der Waals surface area contributed by atoms with E-state index in [2.05, 4.69) is 69.2 Å². The third-order valence-electron chi connectivity index (χ3n) is 6.02. The van der Waals surface area contributed by atoms with Gasteiger partial charge in [0.1, 0.15) is 0 Å². The number of carboxylic acid groups (broad SMARTS) is 2. The number of carbonyl (C=O) groups excluding carboxylic acids is 2. The van der Waals surface area contributed by atoms with Crippen LogP contribution in [0.3, 0.4) is 0 Å². The molecule has 0 fully saturated rings. The van der Waals surface area contributed by atoms with Crippen molar-refractivity contribution < 1.29 is 48.3 Å². The molecule has 0 bridgehead atoms. The zero-order chi connectivity index (χ0) is 38.5. The number of aliphatic carboxylic acids is 2. The van der Waals surface area contributed by atoms with Crippen LogP contribution in [0, 0.1) is 11.8 Å². The number of esters is 2. The molecule has 0 radical (unpaired) electrons. The van der Waals surface area contributed by atoms with Crippen molar-refractivity contribution in [3.8, 4) is 0 Å². The van der Waals surface area contributed by atoms with E-state index in [9.17, 15) is 19.2 Å². The minimum atomic E-state index is -0.970. The third kappa shape index (κ3) is 43.8. The summed E-state index contributed by atoms with van der Waals surface area (Å²) in [6, 6.07) is 0. The standard InChI is InChI=1S/C17H29NO8.2C9H20O.C2H6/c1-4-11-18(12(2)25-16(23)9-5-7-14(19)20)13(3)26-17(24)10-6-8-15(21)22;2*1-8(2)6-7-10-9(3,4)5;1-2/h12-13H,4-11H2,1-3H3,(H,19,20)(H,21,22);2*8H,6-7H2,1-5H3;1-2H3. The predicted octanol–water partition coefficient (Wildman–Crippen LogP) is 8.71. The number of carbonyl (C=O) groups is 4. The molecular weight excluding hydrogens is 618 g/mol. The lowest BCUT2D eigenvalue weighted by atomic mass is 10.1. The van der Waals surface area contributed by atoms with E-state index in [-0.39, 0.29) is 49.7 Å². The molecule has 0 saturated heterocycles. The zero-order valence-corrected chi connectivity index (χ0v) is 33.4. The molecule has 2 unspecified atom stereocenters. The zero-order valence-electron chi connectivity index (χ0n) is 33.4. The Kier molecular flexibility index (Phi) is 33.7. The normalized spacial score (nSPS) is 12.5. The lowest BCUT2D eigenvalue weighted by Gasteiger charge is -2.33. The van der Waals surface area contributed by atoms with Gasteiger partial charge < -0.3 is 29.2 Å². The van der Waals surface area contributed by atoms with Gasteiger partial charge in [-0.25, -0.2) is 4.90 Å². The van der Waals surface area contributed by atoms with Gasteiger partial charge in [-0.2, -0.15) is 0 Å². The molecule has 0 aliphatic rings. The molecule has 11 heteroatoms. The Hall–Kier alpha value is -2.24. The van der Waals surface area contributed by atoms with Crippen molar-refractivity contribution in [2.45, 2.75) is 185 Å². The molecule has 0 aliphatic heterocycles. The van der Waals surface area contributed by atoms with E-state index in [4.69, 9.17) is 29.2 Å². The van der Waals surface area contributed by atoms with Crippen LogP contribution < -0.4 is 0 Å². The van der Waals surface area contributed by atoms with Gasteiger partial charge in [-0.15, -0.1) is 0 Å². The summed E-state index contributed by atoms with van der Waals surface area (Å²) >= 11 is 0. The average molecular weight is 694 g/mol. The maximum atomic E-state index is 11.8. The van der Waals surface area contributed by atoms with E-state index < -0.39 is 36.3 Å². The molecule has 0 aromatic carbocycles. The highest BCUT2D eigenvalue weighted by Crippen LogP contribution is 2.13. The first kappa shape index (κ1) is 52.6. The highest BCUT2D eigenvalue weighted by atomic mass is 16.6. The van der Waals surface area contributed by atoms with Crippen LogP contribution in [0.15, 0.2) is 0 Å². The highest BCUT2D eigenvalue weighted by Gasteiger charge is 2.25. The third-order valence-corrected chi connectivity index (χ3v) is 6.02. The molecule has 2 N–H and O–H groups in total. The molecule has 0 amide bonds. The molecule has 0 rings (SSSR count). The van der Waals surface area contributed by atoms with Crippen molar-refractivity contribution in [1.29, 1.82) is 0 Å². The van der Waals surface area contributed by atoms with Crippen molar-refractivity contribution in [2.24, 2.45) is 11.8 Å². The summed E-state index contributed by atoms with van der Waals surface area (Å²) in [5.74, 6) is -1.46. The largest absolute Gasteiger partial charge is 0.481 e. The smallest absolute Gasteiger partial charge is 0.307 e. The first-order valence-corrected chi connectivity index (χ1v) is 17.9. The lowest BCUT2D eigenvalue weighted by Crippen LogP contribution is -2.45. The van der Waals surface area contributed by atoms with Crippen molar-refractivity contribution in [1.82, 2.24) is 4.90 Å². The van der Waals surface area contributed by atoms with Gasteiger partial charge in [-0.05, 0) is 99.3 Å². The minimum absolute atomic E-state index is 0.0000377. The van der Waals surface area contributed by atoms with E-state index in [1.54, 1.807) is 18.7 Å². The Morgan fingerprint density at radius 3 is 1.15 bits per heavy atom. The molecule has 288 valence electrons. The summed E-state index contributed by atoms with van der Waals surface area (Å²) in [6.45, 7) is 32.9. The Labute approximate surface area is 293 Å². The maximum Gasteiger partial charge on any atom is 0.307 e. The fraction of sp³-hybridized carbons (Fsp3) is 0.892. The topological polar surface area (TPSA) is 149 Å². The van der Waals surface area contributed by atoms with Crippen molar-refractivity contribution in [3.05, 3.63) is 0 Å². The van der Waals surface area contributed by atoms with Gasteiger partial charge in [0.25, 0.3) is 0 Å². The van der Waals surface area contributed by atoms with E-state index in [0.29, 0.717) is 6.54 Å².